The van der Waals surface area contributed by atoms with Gasteiger partial charge in [0, 0.05) is 6.07 Å². The van der Waals surface area contributed by atoms with E-state index in [9.17, 15) is 22.8 Å². The minimum Gasteiger partial charge on any atom is -0.360 e. The van der Waals surface area contributed by atoms with E-state index in [0.29, 0.717) is 5.76 Å². The molecule has 0 radical (unpaired) electrons. The predicted molar refractivity (Wildman–Crippen MR) is 99.8 cm³/mol. The third-order valence-electron chi connectivity index (χ3n) is 4.02. The van der Waals surface area contributed by atoms with Gasteiger partial charge in [0.05, 0.1) is 11.0 Å². The van der Waals surface area contributed by atoms with Crippen molar-refractivity contribution in [2.75, 3.05) is 11.1 Å². The van der Waals surface area contributed by atoms with Crippen molar-refractivity contribution < 1.29 is 27.3 Å². The van der Waals surface area contributed by atoms with Crippen molar-refractivity contribution in [2.24, 2.45) is 0 Å². The lowest BCUT2D eigenvalue weighted by atomic mass is 9.91. The highest BCUT2D eigenvalue weighted by Crippen LogP contribution is 2.38. The summed E-state index contributed by atoms with van der Waals surface area (Å²) in [4.78, 5) is 24.3. The van der Waals surface area contributed by atoms with Crippen LogP contribution in [0.3, 0.4) is 0 Å². The Labute approximate surface area is 164 Å². The van der Waals surface area contributed by atoms with Gasteiger partial charge in [-0.1, -0.05) is 35.5 Å². The lowest BCUT2D eigenvalue weighted by molar-refractivity contribution is -0.196. The van der Waals surface area contributed by atoms with Crippen LogP contribution in [0, 0.1) is 6.92 Å². The van der Waals surface area contributed by atoms with Gasteiger partial charge in [0.1, 0.15) is 5.76 Å². The Hall–Kier alpha value is -2.49. The average Bonchev–Trinajstić information content (AvgIpc) is 3.04. The molecule has 0 saturated carbocycles. The van der Waals surface area contributed by atoms with E-state index in [4.69, 9.17) is 4.52 Å². The number of nitrogens with one attached hydrogen (secondary N) is 2. The maximum Gasteiger partial charge on any atom is 0.415 e. The summed E-state index contributed by atoms with van der Waals surface area (Å²) < 4.78 is 45.7. The molecule has 0 aliphatic carbocycles. The molecule has 28 heavy (non-hydrogen) atoms. The van der Waals surface area contributed by atoms with E-state index in [0.717, 1.165) is 18.7 Å². The lowest BCUT2D eigenvalue weighted by Crippen LogP contribution is -2.54. The summed E-state index contributed by atoms with van der Waals surface area (Å²) in [5, 5.41) is 7.50. The standard InChI is InChI=1S/C18H20F3N3O3S/c1-11-9-14(24-27-11)22-16(26)12(2)28-10-15(25)23-17(3,18(19,20)21)13-7-5-4-6-8-13/h4-9,12H,10H2,1-3H3,(H,23,25)(H,22,24,26). The van der Waals surface area contributed by atoms with E-state index in [1.165, 1.54) is 30.3 Å². The highest BCUT2D eigenvalue weighted by Gasteiger charge is 2.53. The van der Waals surface area contributed by atoms with E-state index >= 15 is 0 Å². The molecule has 0 spiro atoms. The Morgan fingerprint density at radius 1 is 1.25 bits per heavy atom. The van der Waals surface area contributed by atoms with Crippen LogP contribution >= 0.6 is 11.8 Å². The summed E-state index contributed by atoms with van der Waals surface area (Å²) in [7, 11) is 0. The van der Waals surface area contributed by atoms with Gasteiger partial charge in [0.15, 0.2) is 11.4 Å². The summed E-state index contributed by atoms with van der Waals surface area (Å²) in [6.07, 6.45) is -4.69. The van der Waals surface area contributed by atoms with Gasteiger partial charge in [-0.2, -0.15) is 13.2 Å². The van der Waals surface area contributed by atoms with Crippen LogP contribution in [-0.4, -0.2) is 34.2 Å². The van der Waals surface area contributed by atoms with Crippen LogP contribution in [0.2, 0.25) is 0 Å². The number of benzene rings is 1. The number of aryl methyl sites for hydroxylation is 1. The molecule has 0 fully saturated rings. The van der Waals surface area contributed by atoms with Crippen LogP contribution in [-0.2, 0) is 15.1 Å². The molecule has 1 heterocycles. The van der Waals surface area contributed by atoms with Crippen molar-refractivity contribution in [2.45, 2.75) is 37.7 Å². The second-order valence-electron chi connectivity index (χ2n) is 6.30. The van der Waals surface area contributed by atoms with Gasteiger partial charge in [-0.05, 0) is 26.3 Å². The van der Waals surface area contributed by atoms with Crippen LogP contribution in [0.25, 0.3) is 0 Å². The Morgan fingerprint density at radius 3 is 2.43 bits per heavy atom. The number of aromatic nitrogens is 1. The number of hydrogen-bond acceptors (Lipinski definition) is 5. The number of amides is 2. The minimum absolute atomic E-state index is 0.0759. The van der Waals surface area contributed by atoms with Gasteiger partial charge < -0.3 is 15.2 Å². The van der Waals surface area contributed by atoms with E-state index < -0.39 is 28.8 Å². The van der Waals surface area contributed by atoms with Crippen LogP contribution in [0.1, 0.15) is 25.2 Å². The van der Waals surface area contributed by atoms with Gasteiger partial charge in [0.2, 0.25) is 11.8 Å². The second kappa shape index (κ2) is 8.68. The van der Waals surface area contributed by atoms with E-state index in [1.807, 2.05) is 0 Å². The van der Waals surface area contributed by atoms with Crippen molar-refractivity contribution in [1.29, 1.82) is 0 Å². The summed E-state index contributed by atoms with van der Waals surface area (Å²) in [6.45, 7) is 4.11. The smallest absolute Gasteiger partial charge is 0.360 e. The molecule has 2 aromatic rings. The number of anilines is 1. The molecular formula is C18H20F3N3O3S. The minimum atomic E-state index is -4.69. The van der Waals surface area contributed by atoms with Crippen molar-refractivity contribution >= 4 is 29.4 Å². The van der Waals surface area contributed by atoms with Crippen LogP contribution in [0.15, 0.2) is 40.9 Å². The zero-order valence-corrected chi connectivity index (χ0v) is 16.3. The second-order valence-corrected chi connectivity index (χ2v) is 7.63. The lowest BCUT2D eigenvalue weighted by Gasteiger charge is -2.33. The van der Waals surface area contributed by atoms with Gasteiger partial charge in [0.25, 0.3) is 0 Å². The number of hydrogen-bond donors (Lipinski definition) is 2. The molecule has 2 unspecified atom stereocenters. The van der Waals surface area contributed by atoms with Crippen LogP contribution < -0.4 is 10.6 Å². The van der Waals surface area contributed by atoms with Crippen LogP contribution in [0.4, 0.5) is 19.0 Å². The summed E-state index contributed by atoms with van der Waals surface area (Å²) in [5.41, 5.74) is -2.61. The molecule has 0 saturated heterocycles. The Bertz CT molecular complexity index is 826. The maximum absolute atomic E-state index is 13.6. The molecule has 0 aliphatic rings. The van der Waals surface area contributed by atoms with Gasteiger partial charge in [-0.3, -0.25) is 9.59 Å². The Kier molecular flexibility index (Phi) is 6.76. The zero-order chi connectivity index (χ0) is 20.9. The Balaban J connectivity index is 1.96. The molecule has 10 heteroatoms. The summed E-state index contributed by atoms with van der Waals surface area (Å²) in [5.74, 6) is -0.834. The molecule has 2 rings (SSSR count). The van der Waals surface area contributed by atoms with Gasteiger partial charge in [-0.25, -0.2) is 0 Å². The Morgan fingerprint density at radius 2 is 1.89 bits per heavy atom. The van der Waals surface area contributed by atoms with E-state index in [-0.39, 0.29) is 17.1 Å². The van der Waals surface area contributed by atoms with E-state index in [1.54, 1.807) is 19.9 Å². The molecule has 1 aromatic carbocycles. The molecular weight excluding hydrogens is 395 g/mol. The fourth-order valence-electron chi connectivity index (χ4n) is 2.32. The number of alkyl halides is 3. The monoisotopic (exact) mass is 415 g/mol. The third-order valence-corrected chi connectivity index (χ3v) is 5.16. The number of carbonyl (C=O) groups is 2. The quantitative estimate of drug-likeness (QED) is 0.721. The number of thioether (sulfide) groups is 1. The third kappa shape index (κ3) is 5.28. The number of nitrogens with zero attached hydrogens (tertiary/aromatic N) is 1. The van der Waals surface area contributed by atoms with Gasteiger partial charge >= 0.3 is 6.18 Å². The molecule has 2 amide bonds. The average molecular weight is 415 g/mol. The molecule has 2 atom stereocenters. The highest BCUT2D eigenvalue weighted by atomic mass is 32.2. The first kappa shape index (κ1) is 21.8. The molecule has 152 valence electrons. The topological polar surface area (TPSA) is 84.2 Å². The van der Waals surface area contributed by atoms with Crippen molar-refractivity contribution in [3.63, 3.8) is 0 Å². The normalized spacial score (nSPS) is 14.8. The summed E-state index contributed by atoms with van der Waals surface area (Å²) >= 11 is 0.915. The molecule has 0 aliphatic heterocycles. The van der Waals surface area contributed by atoms with Crippen molar-refractivity contribution in [3.05, 3.63) is 47.7 Å². The molecule has 6 nitrogen and oxygen atoms in total. The molecule has 1 aromatic heterocycles. The molecule has 0 bridgehead atoms. The van der Waals surface area contributed by atoms with Crippen molar-refractivity contribution in [3.8, 4) is 0 Å². The largest absolute Gasteiger partial charge is 0.415 e. The summed E-state index contributed by atoms with van der Waals surface area (Å²) in [6, 6.07) is 8.66. The predicted octanol–water partition coefficient (Wildman–Crippen LogP) is 3.64. The fraction of sp³-hybridized carbons (Fsp3) is 0.389. The SMILES string of the molecule is Cc1cc(NC(=O)C(C)SCC(=O)NC(C)(c2ccccc2)C(F)(F)F)no1. The first-order chi connectivity index (χ1) is 13.0. The number of rotatable bonds is 7. The zero-order valence-electron chi connectivity index (χ0n) is 15.5. The van der Waals surface area contributed by atoms with Crippen LogP contribution in [0.5, 0.6) is 0 Å². The van der Waals surface area contributed by atoms with Crippen molar-refractivity contribution in [1.82, 2.24) is 10.5 Å². The first-order valence-electron chi connectivity index (χ1n) is 8.32. The molecule has 2 N–H and O–H groups in total. The van der Waals surface area contributed by atoms with E-state index in [2.05, 4.69) is 15.8 Å². The number of halogens is 3. The fourth-order valence-corrected chi connectivity index (χ4v) is 3.01. The number of carbonyl (C=O) groups excluding carboxylic acids is 2. The first-order valence-corrected chi connectivity index (χ1v) is 9.37. The highest BCUT2D eigenvalue weighted by molar-refractivity contribution is 8.01. The maximum atomic E-state index is 13.6. The van der Waals surface area contributed by atoms with Gasteiger partial charge in [-0.15, -0.1) is 11.8 Å².